The second kappa shape index (κ2) is 7.02. The Kier molecular flexibility index (Phi) is 4.64. The van der Waals surface area contributed by atoms with Gasteiger partial charge in [0.25, 0.3) is 5.89 Å². The van der Waals surface area contributed by atoms with Crippen molar-refractivity contribution in [3.05, 3.63) is 58.9 Å². The summed E-state index contributed by atoms with van der Waals surface area (Å²) in [6.45, 7) is 0.0862. The Morgan fingerprint density at radius 3 is 2.67 bits per heavy atom. The summed E-state index contributed by atoms with van der Waals surface area (Å²) in [6, 6.07) is 14.1. The van der Waals surface area contributed by atoms with Crippen LogP contribution >= 0.6 is 11.6 Å². The van der Waals surface area contributed by atoms with Crippen molar-refractivity contribution in [3.8, 4) is 29.0 Å². The molecule has 0 spiro atoms. The van der Waals surface area contributed by atoms with Crippen molar-refractivity contribution < 1.29 is 14.0 Å². The van der Waals surface area contributed by atoms with Crippen LogP contribution in [0.1, 0.15) is 11.5 Å². The van der Waals surface area contributed by atoms with Crippen molar-refractivity contribution in [2.24, 2.45) is 0 Å². The molecule has 0 fully saturated rings. The van der Waals surface area contributed by atoms with Crippen LogP contribution in [0.15, 0.2) is 47.0 Å². The molecule has 24 heavy (non-hydrogen) atoms. The SMILES string of the molecule is COc1cc(C#N)ccc1OCc1nc(-c2ccc(Cl)cc2)no1. The van der Waals surface area contributed by atoms with Gasteiger partial charge in [0.2, 0.25) is 5.82 Å². The summed E-state index contributed by atoms with van der Waals surface area (Å²) < 4.78 is 16.0. The molecule has 0 bridgehead atoms. The maximum absolute atomic E-state index is 8.90. The molecule has 1 heterocycles. The second-order valence-corrected chi connectivity index (χ2v) is 5.22. The maximum atomic E-state index is 8.90. The predicted octanol–water partition coefficient (Wildman–Crippen LogP) is 3.85. The maximum Gasteiger partial charge on any atom is 0.264 e. The number of hydrogen-bond acceptors (Lipinski definition) is 6. The minimum absolute atomic E-state index is 0.0862. The van der Waals surface area contributed by atoms with Gasteiger partial charge in [0, 0.05) is 16.7 Å². The van der Waals surface area contributed by atoms with E-state index in [-0.39, 0.29) is 6.61 Å². The molecule has 0 aliphatic heterocycles. The van der Waals surface area contributed by atoms with Crippen LogP contribution in [-0.2, 0) is 6.61 Å². The highest BCUT2D eigenvalue weighted by Gasteiger charge is 2.11. The number of ether oxygens (including phenoxy) is 2. The first-order valence-corrected chi connectivity index (χ1v) is 7.37. The molecule has 0 aliphatic rings. The fraction of sp³-hybridized carbons (Fsp3) is 0.118. The number of aromatic nitrogens is 2. The van der Waals surface area contributed by atoms with Crippen LogP contribution in [0.25, 0.3) is 11.4 Å². The number of nitriles is 1. The van der Waals surface area contributed by atoms with Crippen LogP contribution in [-0.4, -0.2) is 17.3 Å². The summed E-state index contributed by atoms with van der Waals surface area (Å²) in [7, 11) is 1.51. The normalized spacial score (nSPS) is 10.2. The van der Waals surface area contributed by atoms with Gasteiger partial charge < -0.3 is 14.0 Å². The summed E-state index contributed by atoms with van der Waals surface area (Å²) in [5.74, 6) is 1.73. The molecule has 0 amide bonds. The highest BCUT2D eigenvalue weighted by atomic mass is 35.5. The van der Waals surface area contributed by atoms with Crippen molar-refractivity contribution in [1.82, 2.24) is 10.1 Å². The van der Waals surface area contributed by atoms with Gasteiger partial charge in [0.05, 0.1) is 18.7 Å². The summed E-state index contributed by atoms with van der Waals surface area (Å²) in [5, 5.41) is 13.4. The topological polar surface area (TPSA) is 81.2 Å². The number of nitrogens with zero attached hydrogens (tertiary/aromatic N) is 3. The molecule has 0 saturated heterocycles. The van der Waals surface area contributed by atoms with Crippen molar-refractivity contribution >= 4 is 11.6 Å². The van der Waals surface area contributed by atoms with Gasteiger partial charge in [-0.15, -0.1) is 0 Å². The van der Waals surface area contributed by atoms with Crippen molar-refractivity contribution in [1.29, 1.82) is 5.26 Å². The molecule has 0 N–H and O–H groups in total. The summed E-state index contributed by atoms with van der Waals surface area (Å²) in [4.78, 5) is 4.28. The monoisotopic (exact) mass is 341 g/mol. The van der Waals surface area contributed by atoms with E-state index >= 15 is 0 Å². The second-order valence-electron chi connectivity index (χ2n) is 4.78. The standard InChI is InChI=1S/C17H12ClN3O3/c1-22-15-8-11(9-19)2-7-14(15)23-10-16-20-17(21-24-16)12-3-5-13(18)6-4-12/h2-8H,10H2,1H3. The van der Waals surface area contributed by atoms with Gasteiger partial charge in [-0.05, 0) is 36.4 Å². The Labute approximate surface area is 143 Å². The average molecular weight is 342 g/mol. The van der Waals surface area contributed by atoms with Gasteiger partial charge in [-0.1, -0.05) is 16.8 Å². The van der Waals surface area contributed by atoms with E-state index in [1.807, 2.05) is 18.2 Å². The lowest BCUT2D eigenvalue weighted by molar-refractivity contribution is 0.233. The molecular weight excluding hydrogens is 330 g/mol. The van der Waals surface area contributed by atoms with Crippen LogP contribution in [0.3, 0.4) is 0 Å². The molecule has 2 aromatic carbocycles. The molecule has 120 valence electrons. The summed E-state index contributed by atoms with van der Waals surface area (Å²) >= 11 is 5.86. The number of hydrogen-bond donors (Lipinski definition) is 0. The number of methoxy groups -OCH3 is 1. The molecular formula is C17H12ClN3O3. The molecule has 3 aromatic rings. The minimum Gasteiger partial charge on any atom is -0.493 e. The fourth-order valence-corrected chi connectivity index (χ4v) is 2.15. The Morgan fingerprint density at radius 2 is 1.96 bits per heavy atom. The lowest BCUT2D eigenvalue weighted by Gasteiger charge is -2.08. The Hall–Kier alpha value is -3.04. The average Bonchev–Trinajstić information content (AvgIpc) is 3.09. The van der Waals surface area contributed by atoms with Crippen LogP contribution in [0, 0.1) is 11.3 Å². The molecule has 3 rings (SSSR count). The third-order valence-electron chi connectivity index (χ3n) is 3.21. The van der Waals surface area contributed by atoms with E-state index in [9.17, 15) is 0 Å². The molecule has 0 unspecified atom stereocenters. The minimum atomic E-state index is 0.0862. The lowest BCUT2D eigenvalue weighted by Crippen LogP contribution is -1.98. The van der Waals surface area contributed by atoms with E-state index in [1.165, 1.54) is 7.11 Å². The largest absolute Gasteiger partial charge is 0.493 e. The Bertz CT molecular complexity index is 885. The Balaban J connectivity index is 1.72. The zero-order valence-electron chi connectivity index (χ0n) is 12.7. The van der Waals surface area contributed by atoms with Gasteiger partial charge in [-0.25, -0.2) is 0 Å². The van der Waals surface area contributed by atoms with Gasteiger partial charge in [0.15, 0.2) is 18.1 Å². The third-order valence-corrected chi connectivity index (χ3v) is 3.47. The van der Waals surface area contributed by atoms with Crippen LogP contribution in [0.2, 0.25) is 5.02 Å². The van der Waals surface area contributed by atoms with E-state index in [0.717, 1.165) is 5.56 Å². The van der Waals surface area contributed by atoms with Crippen molar-refractivity contribution in [2.75, 3.05) is 7.11 Å². The van der Waals surface area contributed by atoms with Crippen LogP contribution in [0.4, 0.5) is 0 Å². The molecule has 0 aliphatic carbocycles. The number of rotatable bonds is 5. The summed E-state index contributed by atoms with van der Waals surface area (Å²) in [6.07, 6.45) is 0. The highest BCUT2D eigenvalue weighted by molar-refractivity contribution is 6.30. The number of halogens is 1. The van der Waals surface area contributed by atoms with Gasteiger partial charge in [0.1, 0.15) is 0 Å². The van der Waals surface area contributed by atoms with Crippen LogP contribution in [0.5, 0.6) is 11.5 Å². The fourth-order valence-electron chi connectivity index (χ4n) is 2.03. The molecule has 0 saturated carbocycles. The zero-order valence-corrected chi connectivity index (χ0v) is 13.4. The first-order chi connectivity index (χ1) is 11.7. The number of benzene rings is 2. The first kappa shape index (κ1) is 15.8. The van der Waals surface area contributed by atoms with Gasteiger partial charge in [-0.2, -0.15) is 10.2 Å². The van der Waals surface area contributed by atoms with Crippen molar-refractivity contribution in [3.63, 3.8) is 0 Å². The molecule has 0 radical (unpaired) electrons. The smallest absolute Gasteiger partial charge is 0.264 e. The predicted molar refractivity (Wildman–Crippen MR) is 86.8 cm³/mol. The molecule has 6 nitrogen and oxygen atoms in total. The van der Waals surface area contributed by atoms with E-state index in [0.29, 0.717) is 33.8 Å². The van der Waals surface area contributed by atoms with E-state index in [4.69, 9.17) is 30.9 Å². The van der Waals surface area contributed by atoms with E-state index in [2.05, 4.69) is 10.1 Å². The van der Waals surface area contributed by atoms with Gasteiger partial charge >= 0.3 is 0 Å². The third kappa shape index (κ3) is 3.47. The van der Waals surface area contributed by atoms with E-state index in [1.54, 1.807) is 30.3 Å². The Morgan fingerprint density at radius 1 is 1.17 bits per heavy atom. The first-order valence-electron chi connectivity index (χ1n) is 6.99. The van der Waals surface area contributed by atoms with Crippen LogP contribution < -0.4 is 9.47 Å². The lowest BCUT2D eigenvalue weighted by atomic mass is 10.2. The van der Waals surface area contributed by atoms with Gasteiger partial charge in [-0.3, -0.25) is 0 Å². The molecule has 1 aromatic heterocycles. The highest BCUT2D eigenvalue weighted by Crippen LogP contribution is 2.28. The summed E-state index contributed by atoms with van der Waals surface area (Å²) in [5.41, 5.74) is 1.28. The van der Waals surface area contributed by atoms with E-state index < -0.39 is 0 Å². The zero-order chi connectivity index (χ0) is 16.9. The molecule has 0 atom stereocenters. The molecule has 7 heteroatoms. The quantitative estimate of drug-likeness (QED) is 0.701. The van der Waals surface area contributed by atoms with Crippen molar-refractivity contribution in [2.45, 2.75) is 6.61 Å².